The van der Waals surface area contributed by atoms with Crippen LogP contribution >= 0.6 is 0 Å². The van der Waals surface area contributed by atoms with E-state index < -0.39 is 6.29 Å². The van der Waals surface area contributed by atoms with Crippen molar-refractivity contribution in [2.45, 2.75) is 26.1 Å². The predicted octanol–water partition coefficient (Wildman–Crippen LogP) is 2.36. The minimum Gasteiger partial charge on any atom is -0.378 e. The number of anilines is 3. The monoisotopic (exact) mass is 504 g/mol. The van der Waals surface area contributed by atoms with Crippen LogP contribution in [-0.2, 0) is 4.74 Å². The number of nitrogens with two attached hydrogens (primary N) is 1. The summed E-state index contributed by atoms with van der Waals surface area (Å²) < 4.78 is 5.43. The zero-order chi connectivity index (χ0) is 25.8. The fourth-order valence-corrected chi connectivity index (χ4v) is 4.88. The SMILES string of the molecule is Cc1ccc(NC(=O)c2ccnc(N3CCOCC3)c2)cc1NC1=NC(N)N(C)C=C1C1CCNCC1. The molecule has 0 aliphatic carbocycles. The standard InChI is InChI=1S/C27H36N8O2/c1-18-3-4-21(31-26(36)20-7-10-30-24(15-20)35-11-13-37-14-12-35)16-23(18)32-25-22(17-34(2)27(28)33-25)19-5-8-29-9-6-19/h3-4,7,10,15-17,19,27,29H,5-6,8-9,11-14,28H2,1-2H3,(H,31,36)(H,32,33). The predicted molar refractivity (Wildman–Crippen MR) is 147 cm³/mol. The van der Waals surface area contributed by atoms with Gasteiger partial charge in [-0.1, -0.05) is 6.07 Å². The molecule has 1 aromatic heterocycles. The fourth-order valence-electron chi connectivity index (χ4n) is 4.88. The highest BCUT2D eigenvalue weighted by Gasteiger charge is 2.27. The molecule has 196 valence electrons. The van der Waals surface area contributed by atoms with E-state index in [2.05, 4.69) is 32.0 Å². The molecule has 2 saturated heterocycles. The lowest BCUT2D eigenvalue weighted by atomic mass is 9.89. The minimum atomic E-state index is -0.441. The number of hydrogen-bond donors (Lipinski definition) is 4. The zero-order valence-electron chi connectivity index (χ0n) is 21.5. The van der Waals surface area contributed by atoms with Crippen molar-refractivity contribution in [3.05, 3.63) is 59.4 Å². The number of amides is 1. The molecule has 3 aliphatic heterocycles. The third kappa shape index (κ3) is 5.93. The Kier molecular flexibility index (Phi) is 7.68. The third-order valence-electron chi connectivity index (χ3n) is 7.17. The number of hydrogen-bond acceptors (Lipinski definition) is 9. The Morgan fingerprint density at radius 2 is 1.95 bits per heavy atom. The van der Waals surface area contributed by atoms with Gasteiger partial charge in [0.1, 0.15) is 11.7 Å². The Labute approximate surface area is 218 Å². The Morgan fingerprint density at radius 3 is 2.73 bits per heavy atom. The number of pyridine rings is 1. The maximum Gasteiger partial charge on any atom is 0.255 e. The molecular formula is C27H36N8O2. The first-order valence-corrected chi connectivity index (χ1v) is 12.9. The number of nitrogens with one attached hydrogen (secondary N) is 3. The lowest BCUT2D eigenvalue weighted by Crippen LogP contribution is -2.42. The topological polar surface area (TPSA) is 120 Å². The molecule has 0 saturated carbocycles. The van der Waals surface area contributed by atoms with Gasteiger partial charge in [0.05, 0.1) is 13.2 Å². The van der Waals surface area contributed by atoms with Gasteiger partial charge >= 0.3 is 0 Å². The summed E-state index contributed by atoms with van der Waals surface area (Å²) in [5, 5.41) is 10.00. The third-order valence-corrected chi connectivity index (χ3v) is 7.17. The summed E-state index contributed by atoms with van der Waals surface area (Å²) in [6.07, 6.45) is 5.47. The maximum atomic E-state index is 13.1. The number of benzene rings is 1. The van der Waals surface area contributed by atoms with Gasteiger partial charge in [-0.3, -0.25) is 10.5 Å². The van der Waals surface area contributed by atoms with Crippen LogP contribution in [0.15, 0.2) is 53.3 Å². The van der Waals surface area contributed by atoms with Crippen LogP contribution in [0.2, 0.25) is 0 Å². The number of aromatic nitrogens is 1. The summed E-state index contributed by atoms with van der Waals surface area (Å²) >= 11 is 0. The maximum absolute atomic E-state index is 13.1. The first-order valence-electron chi connectivity index (χ1n) is 12.9. The van der Waals surface area contributed by atoms with Crippen molar-refractivity contribution >= 4 is 28.9 Å². The Morgan fingerprint density at radius 1 is 1.16 bits per heavy atom. The van der Waals surface area contributed by atoms with E-state index in [1.165, 1.54) is 5.57 Å². The van der Waals surface area contributed by atoms with E-state index in [4.69, 9.17) is 15.5 Å². The molecule has 0 radical (unpaired) electrons. The first kappa shape index (κ1) is 25.2. The van der Waals surface area contributed by atoms with Crippen LogP contribution in [0, 0.1) is 12.8 Å². The lowest BCUT2D eigenvalue weighted by molar-refractivity contribution is 0.102. The van der Waals surface area contributed by atoms with Crippen molar-refractivity contribution in [3.8, 4) is 0 Å². The summed E-state index contributed by atoms with van der Waals surface area (Å²) in [5.41, 5.74) is 10.6. The summed E-state index contributed by atoms with van der Waals surface area (Å²) in [6, 6.07) is 9.42. The highest BCUT2D eigenvalue weighted by molar-refractivity contribution is 6.10. The fraction of sp³-hybridized carbons (Fsp3) is 0.444. The molecule has 10 heteroatoms. The van der Waals surface area contributed by atoms with Gasteiger partial charge in [-0.15, -0.1) is 0 Å². The second-order valence-corrected chi connectivity index (χ2v) is 9.78. The number of aryl methyl sites for hydroxylation is 1. The highest BCUT2D eigenvalue weighted by atomic mass is 16.5. The summed E-state index contributed by atoms with van der Waals surface area (Å²) in [5.74, 6) is 1.82. The molecule has 0 bridgehead atoms. The smallest absolute Gasteiger partial charge is 0.255 e. The molecule has 5 rings (SSSR count). The van der Waals surface area contributed by atoms with Crippen LogP contribution < -0.4 is 26.6 Å². The number of rotatable bonds is 5. The van der Waals surface area contributed by atoms with Gasteiger partial charge in [-0.25, -0.2) is 9.98 Å². The normalized spacial score (nSPS) is 20.8. The number of carbonyl (C=O) groups is 1. The van der Waals surface area contributed by atoms with Crippen LogP contribution in [0.3, 0.4) is 0 Å². The van der Waals surface area contributed by atoms with Crippen molar-refractivity contribution < 1.29 is 9.53 Å². The number of ether oxygens (including phenoxy) is 1. The van der Waals surface area contributed by atoms with Crippen molar-refractivity contribution in [2.75, 3.05) is 62.0 Å². The second kappa shape index (κ2) is 11.3. The molecule has 5 N–H and O–H groups in total. The van der Waals surface area contributed by atoms with Crippen molar-refractivity contribution in [1.82, 2.24) is 15.2 Å². The Hall–Kier alpha value is -3.47. The van der Waals surface area contributed by atoms with Gasteiger partial charge in [0, 0.05) is 55.0 Å². The van der Waals surface area contributed by atoms with E-state index in [1.807, 2.05) is 43.1 Å². The second-order valence-electron chi connectivity index (χ2n) is 9.78. The number of amidine groups is 1. The van der Waals surface area contributed by atoms with Gasteiger partial charge in [0.2, 0.25) is 0 Å². The molecule has 1 aromatic carbocycles. The number of nitrogens with zero attached hydrogens (tertiary/aromatic N) is 4. The average molecular weight is 505 g/mol. The molecule has 1 unspecified atom stereocenters. The molecule has 1 amide bonds. The summed E-state index contributed by atoms with van der Waals surface area (Å²) in [7, 11) is 1.96. The average Bonchev–Trinajstić information content (AvgIpc) is 2.93. The number of carbonyl (C=O) groups excluding carboxylic acids is 1. The van der Waals surface area contributed by atoms with E-state index in [0.29, 0.717) is 30.4 Å². The van der Waals surface area contributed by atoms with E-state index >= 15 is 0 Å². The highest BCUT2D eigenvalue weighted by Crippen LogP contribution is 2.29. The molecule has 0 spiro atoms. The van der Waals surface area contributed by atoms with Crippen molar-refractivity contribution in [3.63, 3.8) is 0 Å². The van der Waals surface area contributed by atoms with Crippen molar-refractivity contribution in [1.29, 1.82) is 0 Å². The quantitative estimate of drug-likeness (QED) is 0.490. The van der Waals surface area contributed by atoms with E-state index in [-0.39, 0.29) is 5.91 Å². The Balaban J connectivity index is 1.32. The van der Waals surface area contributed by atoms with Crippen LogP contribution in [0.5, 0.6) is 0 Å². The van der Waals surface area contributed by atoms with Crippen molar-refractivity contribution in [2.24, 2.45) is 16.6 Å². The molecule has 2 fully saturated rings. The van der Waals surface area contributed by atoms with Crippen LogP contribution in [-0.4, -0.2) is 74.4 Å². The van der Waals surface area contributed by atoms with Crippen LogP contribution in [0.1, 0.15) is 28.8 Å². The molecule has 1 atom stereocenters. The molecule has 10 nitrogen and oxygen atoms in total. The number of morpholine rings is 1. The zero-order valence-corrected chi connectivity index (χ0v) is 21.5. The summed E-state index contributed by atoms with van der Waals surface area (Å²) in [4.78, 5) is 26.4. The number of aliphatic imine (C=N–C) groups is 1. The van der Waals surface area contributed by atoms with Crippen LogP contribution in [0.25, 0.3) is 0 Å². The molecular weight excluding hydrogens is 468 g/mol. The van der Waals surface area contributed by atoms with Gasteiger partial charge in [-0.2, -0.15) is 0 Å². The van der Waals surface area contributed by atoms with E-state index in [9.17, 15) is 4.79 Å². The lowest BCUT2D eigenvalue weighted by Gasteiger charge is -2.33. The summed E-state index contributed by atoms with van der Waals surface area (Å²) in [6.45, 7) is 6.89. The van der Waals surface area contributed by atoms with Gasteiger partial charge in [0.25, 0.3) is 5.91 Å². The Bertz CT molecular complexity index is 1180. The molecule has 3 aliphatic rings. The van der Waals surface area contributed by atoms with E-state index in [1.54, 1.807) is 12.3 Å². The largest absolute Gasteiger partial charge is 0.378 e. The minimum absolute atomic E-state index is 0.180. The van der Waals surface area contributed by atoms with E-state index in [0.717, 1.165) is 61.9 Å². The number of piperidine rings is 1. The van der Waals surface area contributed by atoms with Gasteiger partial charge < -0.3 is 30.5 Å². The first-order chi connectivity index (χ1) is 18.0. The van der Waals surface area contributed by atoms with Gasteiger partial charge in [0.15, 0.2) is 6.29 Å². The molecule has 2 aromatic rings. The van der Waals surface area contributed by atoms with Gasteiger partial charge in [-0.05, 0) is 68.6 Å². The van der Waals surface area contributed by atoms with Crippen LogP contribution in [0.4, 0.5) is 17.2 Å². The molecule has 4 heterocycles. The molecule has 37 heavy (non-hydrogen) atoms.